The van der Waals surface area contributed by atoms with Gasteiger partial charge in [0, 0.05) is 40.6 Å². The fourth-order valence-electron chi connectivity index (χ4n) is 8.37. The number of alkyl halides is 3. The summed E-state index contributed by atoms with van der Waals surface area (Å²) in [5.74, 6) is 0.292. The van der Waals surface area contributed by atoms with Crippen LogP contribution in [0.1, 0.15) is 70.7 Å². The highest BCUT2D eigenvalue weighted by Crippen LogP contribution is 2.56. The van der Waals surface area contributed by atoms with Gasteiger partial charge in [0.05, 0.1) is 44.7 Å². The van der Waals surface area contributed by atoms with Crippen LogP contribution in [0.2, 0.25) is 36.3 Å². The van der Waals surface area contributed by atoms with Crippen molar-refractivity contribution in [2.45, 2.75) is 153 Å². The number of benzene rings is 2. The maximum Gasteiger partial charge on any atom is 0.475 e. The molecule has 0 N–H and O–H groups in total. The molecule has 0 radical (unpaired) electrons. The number of phosphoric ester groups is 1. The first-order valence-electron chi connectivity index (χ1n) is 25.7. The van der Waals surface area contributed by atoms with Crippen molar-refractivity contribution in [1.29, 1.82) is 0 Å². The second-order valence-corrected chi connectivity index (χ2v) is 33.8. The Hall–Kier alpha value is -4.81. The first kappa shape index (κ1) is 61.8. The average Bonchev–Trinajstić information content (AvgIpc) is 4.20. The topological polar surface area (TPSA) is 213 Å². The Morgan fingerprint density at radius 1 is 0.759 bits per heavy atom. The van der Waals surface area contributed by atoms with E-state index in [-0.39, 0.29) is 28.9 Å². The van der Waals surface area contributed by atoms with Gasteiger partial charge in [-0.3, -0.25) is 27.5 Å². The third-order valence-corrected chi connectivity index (χ3v) is 25.2. The molecule has 2 aliphatic heterocycles. The summed E-state index contributed by atoms with van der Waals surface area (Å²) in [6.07, 6.45) is -8.46. The summed E-state index contributed by atoms with van der Waals surface area (Å²) < 4.78 is 127. The van der Waals surface area contributed by atoms with Crippen molar-refractivity contribution in [3.63, 3.8) is 0 Å². The summed E-state index contributed by atoms with van der Waals surface area (Å²) in [5.41, 5.74) is -1.38. The molecule has 0 bridgehead atoms. The monoisotopic (exact) mass is 1160 g/mol. The minimum absolute atomic E-state index is 0.0959. The van der Waals surface area contributed by atoms with Crippen molar-refractivity contribution in [2.75, 3.05) is 41.5 Å². The third kappa shape index (κ3) is 14.3. The Bertz CT molecular complexity index is 3060. The quantitative estimate of drug-likeness (QED) is 0.0258. The fourth-order valence-corrected chi connectivity index (χ4v) is 12.1. The highest BCUT2D eigenvalue weighted by Gasteiger charge is 2.55. The molecule has 7 rings (SSSR count). The molecule has 3 aromatic heterocycles. The molecule has 27 heteroatoms. The van der Waals surface area contributed by atoms with Crippen LogP contribution in [0.15, 0.2) is 94.1 Å². The van der Waals surface area contributed by atoms with E-state index in [0.717, 1.165) is 26.8 Å². The van der Waals surface area contributed by atoms with Crippen molar-refractivity contribution in [3.05, 3.63) is 117 Å². The zero-order valence-electron chi connectivity index (χ0n) is 47.2. The van der Waals surface area contributed by atoms with E-state index < -0.39 is 116 Å². The first-order valence-corrected chi connectivity index (χ1v) is 33.0. The van der Waals surface area contributed by atoms with Gasteiger partial charge in [-0.25, -0.2) is 33.9 Å². The van der Waals surface area contributed by atoms with Crippen molar-refractivity contribution in [1.82, 2.24) is 33.6 Å². The van der Waals surface area contributed by atoms with Gasteiger partial charge in [-0.2, -0.15) is 13.2 Å². The van der Waals surface area contributed by atoms with Crippen molar-refractivity contribution < 1.29 is 63.8 Å². The van der Waals surface area contributed by atoms with Crippen LogP contribution in [0.4, 0.5) is 19.0 Å². The van der Waals surface area contributed by atoms with Crippen LogP contribution in [-0.4, -0.2) is 135 Å². The number of aliphatic imine (C=N–C) groups is 1. The van der Waals surface area contributed by atoms with Gasteiger partial charge in [-0.1, -0.05) is 90.1 Å². The number of hydrogen-bond donors (Lipinski definition) is 0. The third-order valence-electron chi connectivity index (χ3n) is 14.8. The summed E-state index contributed by atoms with van der Waals surface area (Å²) in [6.45, 7) is 18.4. The number of hydrogen-bond acceptors (Lipinski definition) is 17. The predicted octanol–water partition coefficient (Wildman–Crippen LogP) is 9.23. The normalized spacial score (nSPS) is 23.3. The molecule has 5 aromatic rings. The Balaban J connectivity index is 1.29. The number of nitrogens with zero attached hydrogens (tertiary/aromatic N) is 8. The van der Waals surface area contributed by atoms with Crippen LogP contribution in [-0.2, 0) is 76.8 Å². The first-order chi connectivity index (χ1) is 37.0. The van der Waals surface area contributed by atoms with Crippen molar-refractivity contribution >= 4 is 47.8 Å². The van der Waals surface area contributed by atoms with E-state index in [1.54, 1.807) is 15.8 Å². The molecule has 1 unspecified atom stereocenters. The molecule has 79 heavy (non-hydrogen) atoms. The number of phosphoric acid groups is 1. The van der Waals surface area contributed by atoms with E-state index in [0.29, 0.717) is 17.0 Å². The number of ether oxygens (including phenoxy) is 5. The van der Waals surface area contributed by atoms with E-state index in [1.807, 2.05) is 91.4 Å². The van der Waals surface area contributed by atoms with Gasteiger partial charge in [-0.05, 0) is 53.5 Å². The van der Waals surface area contributed by atoms with E-state index >= 15 is 4.57 Å². The smallest absolute Gasteiger partial charge is 0.414 e. The summed E-state index contributed by atoms with van der Waals surface area (Å²) >= 11 is 0. The van der Waals surface area contributed by atoms with Crippen LogP contribution in [0.5, 0.6) is 0 Å². The van der Waals surface area contributed by atoms with E-state index in [1.165, 1.54) is 51.3 Å². The maximum absolute atomic E-state index is 15.8. The predicted molar refractivity (Wildman–Crippen MR) is 293 cm³/mol. The van der Waals surface area contributed by atoms with Crippen LogP contribution in [0.3, 0.4) is 0 Å². The summed E-state index contributed by atoms with van der Waals surface area (Å²) in [5, 5.41) is -0.640. The van der Waals surface area contributed by atoms with Crippen LogP contribution < -0.4 is 11.2 Å². The summed E-state index contributed by atoms with van der Waals surface area (Å²) in [7, 11) is -4.07. The molecule has 9 atom stereocenters. The molecule has 0 aliphatic carbocycles. The van der Waals surface area contributed by atoms with Gasteiger partial charge in [-0.15, -0.1) is 0 Å². The van der Waals surface area contributed by atoms with Gasteiger partial charge >= 0.3 is 19.7 Å². The number of rotatable bonds is 23. The average molecular weight is 1160 g/mol. The Morgan fingerprint density at radius 2 is 1.38 bits per heavy atom. The van der Waals surface area contributed by atoms with Crippen molar-refractivity contribution in [3.8, 4) is 0 Å². The number of aromatic nitrogens is 6. The Morgan fingerprint density at radius 3 is 2.01 bits per heavy atom. The molecule has 0 spiro atoms. The molecule has 2 saturated heterocycles. The fraction of sp³-hybridized carbons (Fsp3) is 0.577. The SMILES string of the molecule is CO[C@@H]1[C@H](OP(=O)(OCc2ccccc2C(F)(F)F)OC[C@H]2O[C@@H](n3cnc4c(/N=C/N(C)C)ncnc43)[C@H](OC)[C@@H]2O[Si](C)(C)C(C)(C)C)[C@@H](CO[Si](C)(C)C(C)(C)C)O[C@H]1n1ccc(=O)n(COCc2ccccc2)c1=O. The molecule has 434 valence electrons. The molecule has 5 heterocycles. The van der Waals surface area contributed by atoms with Gasteiger partial charge in [0.1, 0.15) is 49.7 Å². The lowest BCUT2D eigenvalue weighted by molar-refractivity contribution is -0.138. The number of fused-ring (bicyclic) bond motifs is 1. The van der Waals surface area contributed by atoms with Crippen LogP contribution >= 0.6 is 7.82 Å². The molecule has 2 aromatic carbocycles. The number of halogens is 3. The largest absolute Gasteiger partial charge is 0.475 e. The van der Waals surface area contributed by atoms with Gasteiger partial charge in [0.2, 0.25) is 0 Å². The minimum atomic E-state index is -5.17. The van der Waals surface area contributed by atoms with Crippen LogP contribution in [0, 0.1) is 0 Å². The standard InChI is InChI=1S/C52H74F3N8O13PSi2/c1-50(2,3)78(11,12)72-29-38-41(43(67-9)47(74-38)61-25-24-39(64)63(49(61)65)33-69-26-34-20-16-15-17-21-34)75-77(66,70-27-35-22-18-19-23-36(35)52(53,54)55)71-28-37-42(76-79(13,14)51(4,5)6)44(68-10)48(73-37)62-32-58-40-45(59-31-60(7)8)56-30-57-46(40)62/h15-25,30-32,37-38,41-44,47-48H,26-29,33H2,1-14H3/b59-31+/t37-,38-,41-,42-,43-,44-,47-,48-,77?/m1/s1. The Kier molecular flexibility index (Phi) is 19.4. The van der Waals surface area contributed by atoms with Gasteiger partial charge in [0.25, 0.3) is 5.56 Å². The highest BCUT2D eigenvalue weighted by molar-refractivity contribution is 7.48. The molecule has 0 saturated carbocycles. The lowest BCUT2D eigenvalue weighted by atomic mass is 10.1. The van der Waals surface area contributed by atoms with Gasteiger partial charge < -0.3 is 37.4 Å². The molecule has 21 nitrogen and oxygen atoms in total. The van der Waals surface area contributed by atoms with Crippen LogP contribution in [0.25, 0.3) is 11.2 Å². The molecule has 0 amide bonds. The lowest BCUT2D eigenvalue weighted by Crippen LogP contribution is -2.50. The molecule has 2 aliphatic rings. The number of imidazole rings is 1. The van der Waals surface area contributed by atoms with Crippen molar-refractivity contribution in [2.24, 2.45) is 4.99 Å². The highest BCUT2D eigenvalue weighted by atomic mass is 31.2. The minimum Gasteiger partial charge on any atom is -0.414 e. The second kappa shape index (κ2) is 24.7. The molecule has 2 fully saturated rings. The number of methoxy groups -OCH3 is 2. The second-order valence-electron chi connectivity index (χ2n) is 22.7. The molecular formula is C52H74F3N8O13PSi2. The van der Waals surface area contributed by atoms with E-state index in [9.17, 15) is 22.8 Å². The summed E-state index contributed by atoms with van der Waals surface area (Å²) in [4.78, 5) is 47.2. The van der Waals surface area contributed by atoms with E-state index in [4.69, 9.17) is 46.1 Å². The molecular weight excluding hydrogens is 1090 g/mol. The van der Waals surface area contributed by atoms with E-state index in [2.05, 4.69) is 40.7 Å². The lowest BCUT2D eigenvalue weighted by Gasteiger charge is -2.40. The Labute approximate surface area is 460 Å². The van der Waals surface area contributed by atoms with Gasteiger partial charge in [0.15, 0.2) is 46.1 Å². The maximum atomic E-state index is 15.8. The zero-order valence-corrected chi connectivity index (χ0v) is 50.1. The zero-order chi connectivity index (χ0) is 57.9. The summed E-state index contributed by atoms with van der Waals surface area (Å²) in [6, 6.07) is 15.0.